The number of benzene rings is 2. The Morgan fingerprint density at radius 1 is 1.12 bits per heavy atom. The monoisotopic (exact) mass is 623 g/mol. The summed E-state index contributed by atoms with van der Waals surface area (Å²) < 4.78 is 18.6. The molecule has 0 spiro atoms. The molecule has 0 unspecified atom stereocenters. The number of rotatable bonds is 8. The predicted molar refractivity (Wildman–Crippen MR) is 164 cm³/mol. The number of carbonyl (C=O) groups excluding carboxylic acids is 1. The molecule has 0 amide bonds. The highest BCUT2D eigenvalue weighted by Gasteiger charge is 2.47. The number of thiazole rings is 1. The van der Waals surface area contributed by atoms with Gasteiger partial charge >= 0.3 is 5.97 Å². The molecule has 0 N–H and O–H groups in total. The molecule has 10 heteroatoms. The van der Waals surface area contributed by atoms with Gasteiger partial charge in [0.1, 0.15) is 11.5 Å². The number of anilines is 1. The maximum Gasteiger partial charge on any atom is 0.337 e. The summed E-state index contributed by atoms with van der Waals surface area (Å²) in [5.41, 5.74) is 5.25. The van der Waals surface area contributed by atoms with Crippen molar-refractivity contribution in [1.29, 1.82) is 0 Å². The second-order valence-corrected chi connectivity index (χ2v) is 14.0. The van der Waals surface area contributed by atoms with Crippen molar-refractivity contribution in [2.75, 3.05) is 18.6 Å². The predicted octanol–water partition coefficient (Wildman–Crippen LogP) is 8.37. The molecule has 7 nitrogen and oxygen atoms in total. The fraction of sp³-hybridized carbons (Fsp3) is 0.469. The largest absolute Gasteiger partial charge is 0.465 e. The first-order valence-corrected chi connectivity index (χ1v) is 16.4. The number of halogens is 2. The van der Waals surface area contributed by atoms with E-state index in [-0.39, 0.29) is 12.1 Å². The van der Waals surface area contributed by atoms with E-state index in [1.807, 2.05) is 30.3 Å². The summed E-state index contributed by atoms with van der Waals surface area (Å²) in [5, 5.41) is 6.59. The molecule has 1 aliphatic heterocycles. The number of esters is 1. The summed E-state index contributed by atoms with van der Waals surface area (Å²) in [6.45, 7) is 1.35. The number of carbonyl (C=O) groups is 1. The van der Waals surface area contributed by atoms with E-state index in [0.717, 1.165) is 71.7 Å². The molecule has 3 atom stereocenters. The van der Waals surface area contributed by atoms with Crippen LogP contribution in [0, 0.1) is 5.92 Å². The maximum atomic E-state index is 12.4. The van der Waals surface area contributed by atoms with E-state index in [2.05, 4.69) is 10.1 Å². The molecule has 4 fully saturated rings. The Balaban J connectivity index is 1.01. The van der Waals surface area contributed by atoms with Gasteiger partial charge in [-0.3, -0.25) is 0 Å². The van der Waals surface area contributed by atoms with E-state index >= 15 is 0 Å². The Morgan fingerprint density at radius 2 is 1.93 bits per heavy atom. The van der Waals surface area contributed by atoms with Crippen LogP contribution in [0.4, 0.5) is 5.13 Å². The average molecular weight is 625 g/mol. The number of methoxy groups -OCH3 is 1. The first-order valence-electron chi connectivity index (χ1n) is 14.8. The van der Waals surface area contributed by atoms with Gasteiger partial charge in [0.2, 0.25) is 0 Å². The Bertz CT molecular complexity index is 1670. The topological polar surface area (TPSA) is 77.7 Å². The van der Waals surface area contributed by atoms with Crippen LogP contribution in [0.25, 0.3) is 21.5 Å². The van der Waals surface area contributed by atoms with Crippen molar-refractivity contribution >= 4 is 55.9 Å². The van der Waals surface area contributed by atoms with Gasteiger partial charge in [0, 0.05) is 35.5 Å². The maximum absolute atomic E-state index is 12.4. The molecule has 4 aromatic rings. The molecule has 3 saturated carbocycles. The summed E-state index contributed by atoms with van der Waals surface area (Å²) in [4.78, 5) is 20.0. The van der Waals surface area contributed by atoms with Gasteiger partial charge in [-0.05, 0) is 74.3 Å². The third-order valence-corrected chi connectivity index (χ3v) is 11.3. The number of nitrogens with zero attached hydrogens (tertiary/aromatic N) is 3. The van der Waals surface area contributed by atoms with Crippen LogP contribution in [-0.2, 0) is 16.1 Å². The number of aromatic nitrogens is 2. The van der Waals surface area contributed by atoms with Gasteiger partial charge in [0.15, 0.2) is 5.13 Å². The minimum absolute atomic E-state index is 0.161. The van der Waals surface area contributed by atoms with Gasteiger partial charge in [-0.25, -0.2) is 9.78 Å². The Hall–Kier alpha value is -2.65. The van der Waals surface area contributed by atoms with Crippen molar-refractivity contribution in [3.8, 4) is 11.3 Å². The van der Waals surface area contributed by atoms with E-state index in [0.29, 0.717) is 57.3 Å². The fourth-order valence-corrected chi connectivity index (χ4v) is 8.71. The van der Waals surface area contributed by atoms with Crippen LogP contribution >= 0.6 is 34.5 Å². The number of hydrogen-bond acceptors (Lipinski definition) is 8. The minimum atomic E-state index is -0.287. The number of piperidine rings is 1. The number of ether oxygens (including phenoxy) is 2. The van der Waals surface area contributed by atoms with Gasteiger partial charge in [0.25, 0.3) is 0 Å². The van der Waals surface area contributed by atoms with Gasteiger partial charge in [0.05, 0.1) is 45.6 Å². The second-order valence-electron chi connectivity index (χ2n) is 12.2. The molecule has 2 aromatic carbocycles. The van der Waals surface area contributed by atoms with Gasteiger partial charge in [-0.15, -0.1) is 0 Å². The molecule has 42 heavy (non-hydrogen) atoms. The lowest BCUT2D eigenvalue weighted by Gasteiger charge is -2.31. The smallest absolute Gasteiger partial charge is 0.337 e. The van der Waals surface area contributed by atoms with E-state index in [1.165, 1.54) is 19.1 Å². The zero-order valence-corrected chi connectivity index (χ0v) is 25.6. The van der Waals surface area contributed by atoms with Crippen molar-refractivity contribution < 1.29 is 18.8 Å². The molecule has 8 rings (SSSR count). The van der Waals surface area contributed by atoms with Crippen LogP contribution in [0.15, 0.2) is 34.9 Å². The Labute approximate surface area is 258 Å². The van der Waals surface area contributed by atoms with E-state index in [4.69, 9.17) is 42.2 Å². The highest BCUT2D eigenvalue weighted by molar-refractivity contribution is 7.22. The quantitative estimate of drug-likeness (QED) is 0.182. The minimum Gasteiger partial charge on any atom is -0.465 e. The van der Waals surface area contributed by atoms with Crippen molar-refractivity contribution in [3.63, 3.8) is 0 Å². The zero-order valence-electron chi connectivity index (χ0n) is 23.3. The lowest BCUT2D eigenvalue weighted by Crippen LogP contribution is -2.38. The van der Waals surface area contributed by atoms with Crippen LogP contribution in [0.5, 0.6) is 0 Å². The van der Waals surface area contributed by atoms with Crippen molar-refractivity contribution in [2.45, 2.75) is 75.5 Å². The first kappa shape index (κ1) is 26.9. The average Bonchev–Trinajstić information content (AvgIpc) is 3.27. The molecule has 2 aromatic heterocycles. The van der Waals surface area contributed by atoms with E-state index in [9.17, 15) is 4.79 Å². The summed E-state index contributed by atoms with van der Waals surface area (Å²) >= 11 is 14.8. The SMILES string of the molecule is COC(=O)c1cc(C2CCC2)c2nc(N3C[C@@H]4C[C@H]3C[C@@H]4OCc3c(-c4c(Cl)cccc4Cl)noc3C3CC3)sc2c1. The van der Waals surface area contributed by atoms with Crippen molar-refractivity contribution in [2.24, 2.45) is 5.92 Å². The standard InChI is InChI=1S/C32H31Cl2N3O4S/c1-39-31(38)18-11-21(16-4-2-5-16)28-26(12-18)42-32(35-28)37-14-19-10-20(37)13-25(19)40-15-22-29(36-41-30(22)17-8-9-17)27-23(33)6-3-7-24(27)34/h3,6-7,11-12,16-17,19-20,25H,2,4-5,8-10,13-15H2,1H3/t19-,20-,25-/m0/s1. The summed E-state index contributed by atoms with van der Waals surface area (Å²) in [6, 6.07) is 9.84. The molecule has 3 aliphatic carbocycles. The van der Waals surface area contributed by atoms with Crippen LogP contribution in [0.3, 0.4) is 0 Å². The van der Waals surface area contributed by atoms with E-state index < -0.39 is 0 Å². The molecular formula is C32H31Cl2N3O4S. The van der Waals surface area contributed by atoms with Crippen LogP contribution in [0.2, 0.25) is 10.0 Å². The Morgan fingerprint density at radius 3 is 2.60 bits per heavy atom. The summed E-state index contributed by atoms with van der Waals surface area (Å²) in [7, 11) is 1.44. The number of hydrogen-bond donors (Lipinski definition) is 0. The first-order chi connectivity index (χ1) is 20.5. The van der Waals surface area contributed by atoms with Gasteiger partial charge < -0.3 is 18.9 Å². The Kier molecular flexibility index (Phi) is 6.74. The molecule has 0 radical (unpaired) electrons. The zero-order chi connectivity index (χ0) is 28.5. The lowest BCUT2D eigenvalue weighted by atomic mass is 9.79. The highest BCUT2D eigenvalue weighted by atomic mass is 35.5. The third kappa shape index (κ3) is 4.53. The molecule has 4 aliphatic rings. The third-order valence-electron chi connectivity index (χ3n) is 9.61. The van der Waals surface area contributed by atoms with Crippen LogP contribution < -0.4 is 4.90 Å². The summed E-state index contributed by atoms with van der Waals surface area (Å²) in [6.07, 6.45) is 7.94. The highest BCUT2D eigenvalue weighted by Crippen LogP contribution is 2.49. The molecule has 1 saturated heterocycles. The van der Waals surface area contributed by atoms with Crippen molar-refractivity contribution in [3.05, 3.63) is 62.8 Å². The second kappa shape index (κ2) is 10.5. The normalized spacial score (nSPS) is 23.6. The lowest BCUT2D eigenvalue weighted by molar-refractivity contribution is 0.0122. The van der Waals surface area contributed by atoms with Gasteiger partial charge in [-0.2, -0.15) is 0 Å². The van der Waals surface area contributed by atoms with Crippen LogP contribution in [-0.4, -0.2) is 41.9 Å². The molecule has 218 valence electrons. The number of fused-ring (bicyclic) bond motifs is 3. The molecule has 3 heterocycles. The van der Waals surface area contributed by atoms with E-state index in [1.54, 1.807) is 11.3 Å². The van der Waals surface area contributed by atoms with Crippen LogP contribution in [0.1, 0.15) is 84.0 Å². The van der Waals surface area contributed by atoms with Crippen molar-refractivity contribution in [1.82, 2.24) is 10.1 Å². The summed E-state index contributed by atoms with van der Waals surface area (Å²) in [5.74, 6) is 1.92. The van der Waals surface area contributed by atoms with Gasteiger partial charge in [-0.1, -0.05) is 52.2 Å². The fourth-order valence-electron chi connectivity index (χ4n) is 7.02. The molecule has 2 bridgehead atoms. The molecular weight excluding hydrogens is 593 g/mol.